The van der Waals surface area contributed by atoms with E-state index in [1.807, 2.05) is 18.5 Å². The molecule has 0 saturated carbocycles. The standard InChI is InChI=1S/C10H13N5/c1-2-12-10(9-8(1)7-13-14-9)15-5-3-11-4-6-15/h1-2,7,11H,3-6H2,(H,13,14). The van der Waals surface area contributed by atoms with E-state index in [2.05, 4.69) is 25.4 Å². The summed E-state index contributed by atoms with van der Waals surface area (Å²) in [4.78, 5) is 6.72. The molecule has 3 rings (SSSR count). The first kappa shape index (κ1) is 8.67. The van der Waals surface area contributed by atoms with Crippen molar-refractivity contribution in [3.05, 3.63) is 18.5 Å². The number of aromatic amines is 1. The van der Waals surface area contributed by atoms with E-state index in [9.17, 15) is 0 Å². The molecule has 2 N–H and O–H groups in total. The molecule has 1 saturated heterocycles. The van der Waals surface area contributed by atoms with E-state index in [4.69, 9.17) is 0 Å². The van der Waals surface area contributed by atoms with Crippen molar-refractivity contribution in [1.82, 2.24) is 20.5 Å². The lowest BCUT2D eigenvalue weighted by molar-refractivity contribution is 0.586. The molecule has 2 aromatic heterocycles. The van der Waals surface area contributed by atoms with Gasteiger partial charge in [0.15, 0.2) is 5.82 Å². The molecular weight excluding hydrogens is 190 g/mol. The van der Waals surface area contributed by atoms with Gasteiger partial charge in [-0.3, -0.25) is 5.10 Å². The summed E-state index contributed by atoms with van der Waals surface area (Å²) in [5.74, 6) is 1.02. The Hall–Kier alpha value is -1.62. The Morgan fingerprint density at radius 2 is 2.13 bits per heavy atom. The minimum atomic E-state index is 1.01. The fraction of sp³-hybridized carbons (Fsp3) is 0.400. The second-order valence-corrected chi connectivity index (χ2v) is 3.71. The Balaban J connectivity index is 2.05. The van der Waals surface area contributed by atoms with E-state index in [0.29, 0.717) is 0 Å². The fourth-order valence-electron chi connectivity index (χ4n) is 1.97. The molecule has 0 radical (unpaired) electrons. The predicted octanol–water partition coefficient (Wildman–Crippen LogP) is 0.367. The Morgan fingerprint density at radius 3 is 3.00 bits per heavy atom. The highest BCUT2D eigenvalue weighted by Crippen LogP contribution is 2.21. The molecule has 0 spiro atoms. The molecule has 5 heteroatoms. The van der Waals surface area contributed by atoms with Gasteiger partial charge in [0.25, 0.3) is 0 Å². The summed E-state index contributed by atoms with van der Waals surface area (Å²) < 4.78 is 0. The van der Waals surface area contributed by atoms with Gasteiger partial charge in [-0.25, -0.2) is 4.98 Å². The number of pyridine rings is 1. The Kier molecular flexibility index (Phi) is 2.03. The first-order valence-corrected chi connectivity index (χ1v) is 5.19. The third-order valence-corrected chi connectivity index (χ3v) is 2.76. The molecular formula is C10H13N5. The molecule has 0 aliphatic carbocycles. The highest BCUT2D eigenvalue weighted by Gasteiger charge is 2.14. The van der Waals surface area contributed by atoms with Crippen LogP contribution in [0.1, 0.15) is 0 Å². The van der Waals surface area contributed by atoms with E-state index in [1.54, 1.807) is 0 Å². The van der Waals surface area contributed by atoms with Gasteiger partial charge in [-0.05, 0) is 6.07 Å². The summed E-state index contributed by atoms with van der Waals surface area (Å²) in [7, 11) is 0. The number of H-pyrrole nitrogens is 1. The van der Waals surface area contributed by atoms with Gasteiger partial charge >= 0.3 is 0 Å². The fourth-order valence-corrected chi connectivity index (χ4v) is 1.97. The Bertz CT molecular complexity index is 458. The minimum absolute atomic E-state index is 1.01. The summed E-state index contributed by atoms with van der Waals surface area (Å²) in [5.41, 5.74) is 1.04. The number of nitrogens with zero attached hydrogens (tertiary/aromatic N) is 3. The first-order valence-electron chi connectivity index (χ1n) is 5.19. The average Bonchev–Trinajstić information content (AvgIpc) is 2.78. The molecule has 1 aliphatic heterocycles. The number of anilines is 1. The molecule has 5 nitrogen and oxygen atoms in total. The molecule has 0 unspecified atom stereocenters. The lowest BCUT2D eigenvalue weighted by atomic mass is 10.3. The third kappa shape index (κ3) is 1.45. The predicted molar refractivity (Wildman–Crippen MR) is 59.0 cm³/mol. The van der Waals surface area contributed by atoms with Crippen molar-refractivity contribution in [3.63, 3.8) is 0 Å². The van der Waals surface area contributed by atoms with Crippen LogP contribution in [0.5, 0.6) is 0 Å². The van der Waals surface area contributed by atoms with Gasteiger partial charge in [-0.2, -0.15) is 5.10 Å². The minimum Gasteiger partial charge on any atom is -0.352 e. The van der Waals surface area contributed by atoms with Gasteiger partial charge in [0.1, 0.15) is 5.52 Å². The van der Waals surface area contributed by atoms with E-state index < -0.39 is 0 Å². The van der Waals surface area contributed by atoms with Crippen molar-refractivity contribution in [1.29, 1.82) is 0 Å². The number of nitrogens with one attached hydrogen (secondary N) is 2. The van der Waals surface area contributed by atoms with Gasteiger partial charge in [0, 0.05) is 37.8 Å². The molecule has 78 valence electrons. The number of hydrogen-bond acceptors (Lipinski definition) is 4. The van der Waals surface area contributed by atoms with E-state index >= 15 is 0 Å². The van der Waals surface area contributed by atoms with Crippen molar-refractivity contribution < 1.29 is 0 Å². The first-order chi connectivity index (χ1) is 7.45. The van der Waals surface area contributed by atoms with Crippen molar-refractivity contribution >= 4 is 16.7 Å². The molecule has 0 amide bonds. The quantitative estimate of drug-likeness (QED) is 0.703. The zero-order valence-electron chi connectivity index (χ0n) is 8.40. The maximum absolute atomic E-state index is 4.43. The molecule has 1 aliphatic rings. The van der Waals surface area contributed by atoms with Crippen molar-refractivity contribution in [2.45, 2.75) is 0 Å². The number of hydrogen-bond donors (Lipinski definition) is 2. The average molecular weight is 203 g/mol. The van der Waals surface area contributed by atoms with E-state index in [1.165, 1.54) is 0 Å². The van der Waals surface area contributed by atoms with Crippen LogP contribution in [0.25, 0.3) is 10.9 Å². The molecule has 1 fully saturated rings. The molecule has 0 bridgehead atoms. The Morgan fingerprint density at radius 1 is 1.27 bits per heavy atom. The summed E-state index contributed by atoms with van der Waals surface area (Å²) >= 11 is 0. The summed E-state index contributed by atoms with van der Waals surface area (Å²) in [6.07, 6.45) is 3.68. The van der Waals surface area contributed by atoms with Crippen LogP contribution in [0.2, 0.25) is 0 Å². The maximum Gasteiger partial charge on any atom is 0.154 e. The van der Waals surface area contributed by atoms with Crippen LogP contribution in [0.15, 0.2) is 18.5 Å². The van der Waals surface area contributed by atoms with Crippen LogP contribution >= 0.6 is 0 Å². The van der Waals surface area contributed by atoms with Gasteiger partial charge in [-0.1, -0.05) is 0 Å². The molecule has 0 atom stereocenters. The van der Waals surface area contributed by atoms with Gasteiger partial charge in [0.2, 0.25) is 0 Å². The summed E-state index contributed by atoms with van der Waals surface area (Å²) in [5, 5.41) is 11.5. The monoisotopic (exact) mass is 203 g/mol. The smallest absolute Gasteiger partial charge is 0.154 e. The van der Waals surface area contributed by atoms with Crippen molar-refractivity contribution in [2.75, 3.05) is 31.1 Å². The Labute approximate surface area is 87.5 Å². The topological polar surface area (TPSA) is 56.8 Å². The highest BCUT2D eigenvalue weighted by atomic mass is 15.2. The normalized spacial score (nSPS) is 17.2. The van der Waals surface area contributed by atoms with Crippen molar-refractivity contribution in [3.8, 4) is 0 Å². The second-order valence-electron chi connectivity index (χ2n) is 3.71. The van der Waals surface area contributed by atoms with E-state index in [-0.39, 0.29) is 0 Å². The SMILES string of the molecule is c1cc2cn[nH]c2c(N2CCNCC2)n1. The third-order valence-electron chi connectivity index (χ3n) is 2.76. The molecule has 15 heavy (non-hydrogen) atoms. The molecule has 2 aromatic rings. The zero-order chi connectivity index (χ0) is 10.1. The molecule has 3 heterocycles. The van der Waals surface area contributed by atoms with Crippen LogP contribution < -0.4 is 10.2 Å². The highest BCUT2D eigenvalue weighted by molar-refractivity contribution is 5.87. The van der Waals surface area contributed by atoms with Gasteiger partial charge in [0.05, 0.1) is 6.20 Å². The number of rotatable bonds is 1. The zero-order valence-corrected chi connectivity index (χ0v) is 8.40. The number of fused-ring (bicyclic) bond motifs is 1. The van der Waals surface area contributed by atoms with Crippen LogP contribution in [0, 0.1) is 0 Å². The second kappa shape index (κ2) is 3.51. The van der Waals surface area contributed by atoms with Gasteiger partial charge in [-0.15, -0.1) is 0 Å². The van der Waals surface area contributed by atoms with E-state index in [0.717, 1.165) is 42.9 Å². The van der Waals surface area contributed by atoms with Crippen LogP contribution in [0.4, 0.5) is 5.82 Å². The lowest BCUT2D eigenvalue weighted by Gasteiger charge is -2.28. The van der Waals surface area contributed by atoms with Gasteiger partial charge < -0.3 is 10.2 Å². The van der Waals surface area contributed by atoms with Crippen molar-refractivity contribution in [2.24, 2.45) is 0 Å². The van der Waals surface area contributed by atoms with Crippen LogP contribution in [-0.4, -0.2) is 41.4 Å². The largest absolute Gasteiger partial charge is 0.352 e. The van der Waals surface area contributed by atoms with Crippen LogP contribution in [-0.2, 0) is 0 Å². The van der Waals surface area contributed by atoms with Crippen LogP contribution in [0.3, 0.4) is 0 Å². The summed E-state index contributed by atoms with van der Waals surface area (Å²) in [6.45, 7) is 4.05. The molecule has 0 aromatic carbocycles. The lowest BCUT2D eigenvalue weighted by Crippen LogP contribution is -2.44. The number of piperazine rings is 1. The maximum atomic E-state index is 4.43. The summed E-state index contributed by atoms with van der Waals surface area (Å²) in [6, 6.07) is 1.98. The number of aromatic nitrogens is 3.